The number of thioether (sulfide) groups is 1. The summed E-state index contributed by atoms with van der Waals surface area (Å²) in [6.45, 7) is 0.498. The molecule has 2 N–H and O–H groups in total. The highest BCUT2D eigenvalue weighted by Gasteiger charge is 2.31. The molecule has 1 aliphatic rings. The van der Waals surface area contributed by atoms with E-state index >= 15 is 0 Å². The van der Waals surface area contributed by atoms with Crippen LogP contribution in [0.5, 0.6) is 0 Å². The first-order chi connectivity index (χ1) is 15.8. The molecule has 0 aliphatic carbocycles. The predicted molar refractivity (Wildman–Crippen MR) is 137 cm³/mol. The lowest BCUT2D eigenvalue weighted by Gasteiger charge is -2.14. The molecule has 10 heteroatoms. The number of amides is 3. The number of carbonyl (C=O) groups is 3. The maximum atomic E-state index is 12.7. The van der Waals surface area contributed by atoms with E-state index in [1.54, 1.807) is 47.4 Å². The number of rotatable bonds is 8. The number of hydrogen-bond donors (Lipinski definition) is 2. The molecule has 0 unspecified atom stereocenters. The largest absolute Gasteiger partial charge is 0.293 e. The van der Waals surface area contributed by atoms with E-state index < -0.39 is 5.91 Å². The van der Waals surface area contributed by atoms with Gasteiger partial charge in [0, 0.05) is 28.6 Å². The second-order valence-corrected chi connectivity index (χ2v) is 9.75. The van der Waals surface area contributed by atoms with E-state index in [0.717, 1.165) is 12.0 Å². The Hall–Kier alpha value is -2.39. The lowest BCUT2D eigenvalue weighted by atomic mass is 10.2. The number of hydrogen-bond acceptors (Lipinski definition) is 5. The molecule has 0 aromatic heterocycles. The van der Waals surface area contributed by atoms with Crippen LogP contribution in [0.1, 0.15) is 41.6 Å². The van der Waals surface area contributed by atoms with Gasteiger partial charge in [-0.05, 0) is 60.9 Å². The standard InChI is InChI=1S/C23H21Cl2N3O3S2/c24-17-9-5-15(6-10-17)14-19-22(31)28(23(32)33-19)13-3-1-2-4-20(29)26-27-21(30)16-7-11-18(25)12-8-16/h5-12,14H,1-4,13H2,(H,26,29)(H,27,30). The number of thiocarbonyl (C=S) groups is 1. The van der Waals surface area contributed by atoms with Gasteiger partial charge in [0.05, 0.1) is 4.91 Å². The summed E-state index contributed by atoms with van der Waals surface area (Å²) in [7, 11) is 0. The number of hydrazine groups is 1. The Labute approximate surface area is 211 Å². The van der Waals surface area contributed by atoms with Gasteiger partial charge in [-0.2, -0.15) is 0 Å². The second kappa shape index (κ2) is 12.2. The normalized spacial score (nSPS) is 14.6. The van der Waals surface area contributed by atoms with Crippen molar-refractivity contribution in [1.82, 2.24) is 15.8 Å². The molecule has 0 saturated carbocycles. The van der Waals surface area contributed by atoms with Crippen LogP contribution in [0.2, 0.25) is 10.0 Å². The monoisotopic (exact) mass is 521 g/mol. The fourth-order valence-electron chi connectivity index (χ4n) is 3.00. The molecule has 6 nitrogen and oxygen atoms in total. The highest BCUT2D eigenvalue weighted by Crippen LogP contribution is 2.33. The zero-order chi connectivity index (χ0) is 23.8. The van der Waals surface area contributed by atoms with E-state index in [9.17, 15) is 14.4 Å². The average molecular weight is 522 g/mol. The number of benzene rings is 2. The van der Waals surface area contributed by atoms with Crippen molar-refractivity contribution in [2.45, 2.75) is 25.7 Å². The third-order valence-electron chi connectivity index (χ3n) is 4.75. The first-order valence-electron chi connectivity index (χ1n) is 10.2. The predicted octanol–water partition coefficient (Wildman–Crippen LogP) is 5.22. The molecule has 0 atom stereocenters. The first kappa shape index (κ1) is 25.2. The van der Waals surface area contributed by atoms with Crippen molar-refractivity contribution in [3.05, 3.63) is 74.6 Å². The van der Waals surface area contributed by atoms with Crippen LogP contribution in [0.4, 0.5) is 0 Å². The minimum Gasteiger partial charge on any atom is -0.293 e. The summed E-state index contributed by atoms with van der Waals surface area (Å²) >= 11 is 18.3. The average Bonchev–Trinajstić information content (AvgIpc) is 3.06. The lowest BCUT2D eigenvalue weighted by Crippen LogP contribution is -2.41. The van der Waals surface area contributed by atoms with Crippen LogP contribution in [-0.4, -0.2) is 33.5 Å². The molecular formula is C23H21Cl2N3O3S2. The minimum absolute atomic E-state index is 0.109. The molecule has 33 heavy (non-hydrogen) atoms. The molecule has 2 aromatic carbocycles. The quantitative estimate of drug-likeness (QED) is 0.215. The summed E-state index contributed by atoms with van der Waals surface area (Å²) in [6.07, 6.45) is 4.14. The van der Waals surface area contributed by atoms with E-state index in [1.807, 2.05) is 12.1 Å². The summed E-state index contributed by atoms with van der Waals surface area (Å²) in [5, 5.41) is 1.16. The van der Waals surface area contributed by atoms with Crippen LogP contribution in [0.25, 0.3) is 6.08 Å². The van der Waals surface area contributed by atoms with Crippen LogP contribution < -0.4 is 10.9 Å². The molecule has 2 aromatic rings. The highest BCUT2D eigenvalue weighted by atomic mass is 35.5. The van der Waals surface area contributed by atoms with E-state index in [1.165, 1.54) is 11.8 Å². The van der Waals surface area contributed by atoms with Crippen molar-refractivity contribution in [2.24, 2.45) is 0 Å². The Morgan fingerprint density at radius 3 is 2.24 bits per heavy atom. The Morgan fingerprint density at radius 2 is 1.58 bits per heavy atom. The van der Waals surface area contributed by atoms with Gasteiger partial charge >= 0.3 is 0 Å². The Balaban J connectivity index is 1.35. The van der Waals surface area contributed by atoms with E-state index in [2.05, 4.69) is 10.9 Å². The topological polar surface area (TPSA) is 78.5 Å². The van der Waals surface area contributed by atoms with Gasteiger partial charge in [-0.15, -0.1) is 0 Å². The number of halogens is 2. The number of nitrogens with one attached hydrogen (secondary N) is 2. The SMILES string of the molecule is O=C(CCCCCN1C(=O)C(=Cc2ccc(Cl)cc2)SC1=S)NNC(=O)c1ccc(Cl)cc1. The summed E-state index contributed by atoms with van der Waals surface area (Å²) in [5.74, 6) is -0.808. The van der Waals surface area contributed by atoms with Crippen molar-refractivity contribution in [1.29, 1.82) is 0 Å². The minimum atomic E-state index is -0.416. The zero-order valence-electron chi connectivity index (χ0n) is 17.5. The number of nitrogens with zero attached hydrogens (tertiary/aromatic N) is 1. The maximum Gasteiger partial charge on any atom is 0.269 e. The van der Waals surface area contributed by atoms with Crippen molar-refractivity contribution >= 4 is 75.3 Å². The van der Waals surface area contributed by atoms with Gasteiger partial charge in [0.15, 0.2) is 0 Å². The van der Waals surface area contributed by atoms with Gasteiger partial charge in [-0.25, -0.2) is 0 Å². The third-order valence-corrected chi connectivity index (χ3v) is 6.63. The molecule has 0 radical (unpaired) electrons. The fourth-order valence-corrected chi connectivity index (χ4v) is 4.56. The van der Waals surface area contributed by atoms with Gasteiger partial charge in [0.25, 0.3) is 11.8 Å². The lowest BCUT2D eigenvalue weighted by molar-refractivity contribution is -0.123. The van der Waals surface area contributed by atoms with Crippen molar-refractivity contribution in [2.75, 3.05) is 6.54 Å². The van der Waals surface area contributed by atoms with Crippen LogP contribution in [0.15, 0.2) is 53.4 Å². The molecule has 0 bridgehead atoms. The van der Waals surface area contributed by atoms with Crippen LogP contribution in [0.3, 0.4) is 0 Å². The Morgan fingerprint density at radius 1 is 0.939 bits per heavy atom. The molecule has 1 aliphatic heterocycles. The Kier molecular flexibility index (Phi) is 9.31. The van der Waals surface area contributed by atoms with Gasteiger partial charge in [0.2, 0.25) is 5.91 Å². The van der Waals surface area contributed by atoms with Crippen molar-refractivity contribution < 1.29 is 14.4 Å². The summed E-state index contributed by atoms with van der Waals surface area (Å²) in [5.41, 5.74) is 6.05. The molecule has 172 valence electrons. The molecule has 3 rings (SSSR count). The highest BCUT2D eigenvalue weighted by molar-refractivity contribution is 8.26. The summed E-state index contributed by atoms with van der Waals surface area (Å²) in [4.78, 5) is 38.7. The molecule has 0 spiro atoms. The van der Waals surface area contributed by atoms with Gasteiger partial charge in [-0.3, -0.25) is 30.1 Å². The molecule has 1 saturated heterocycles. The second-order valence-electron chi connectivity index (χ2n) is 7.20. The maximum absolute atomic E-state index is 12.7. The number of unbranched alkanes of at least 4 members (excludes halogenated alkanes) is 2. The van der Waals surface area contributed by atoms with Crippen LogP contribution in [-0.2, 0) is 9.59 Å². The van der Waals surface area contributed by atoms with Gasteiger partial charge in [0.1, 0.15) is 4.32 Å². The van der Waals surface area contributed by atoms with E-state index in [0.29, 0.717) is 44.2 Å². The molecule has 3 amide bonds. The van der Waals surface area contributed by atoms with Crippen molar-refractivity contribution in [3.63, 3.8) is 0 Å². The third kappa shape index (κ3) is 7.57. The van der Waals surface area contributed by atoms with E-state index in [-0.39, 0.29) is 18.2 Å². The van der Waals surface area contributed by atoms with E-state index in [4.69, 9.17) is 35.4 Å². The smallest absolute Gasteiger partial charge is 0.269 e. The number of carbonyl (C=O) groups excluding carboxylic acids is 3. The van der Waals surface area contributed by atoms with Crippen LogP contribution in [0, 0.1) is 0 Å². The molecule has 1 fully saturated rings. The fraction of sp³-hybridized carbons (Fsp3) is 0.217. The molecule has 1 heterocycles. The zero-order valence-corrected chi connectivity index (χ0v) is 20.6. The molecular weight excluding hydrogens is 501 g/mol. The Bertz CT molecular complexity index is 1070. The summed E-state index contributed by atoms with van der Waals surface area (Å²) < 4.78 is 0.530. The van der Waals surface area contributed by atoms with Crippen LogP contribution >= 0.6 is 47.2 Å². The van der Waals surface area contributed by atoms with Crippen molar-refractivity contribution in [3.8, 4) is 0 Å². The first-order valence-corrected chi connectivity index (χ1v) is 12.2. The summed E-state index contributed by atoms with van der Waals surface area (Å²) in [6, 6.07) is 13.6. The van der Waals surface area contributed by atoms with Gasteiger partial charge in [-0.1, -0.05) is 65.7 Å². The van der Waals surface area contributed by atoms with Gasteiger partial charge < -0.3 is 0 Å².